The van der Waals surface area contributed by atoms with Gasteiger partial charge in [-0.05, 0) is 64.1 Å². The molecule has 11 heteroatoms. The Labute approximate surface area is 210 Å². The standard InChI is InChI=1S/C24H30N2O6S3/c1-15-11-31-12-16(2)25(15)34(27,28)19-5-7-23-21(9-19)22-10-20(6-8-24(22)33-23)35(29,30)26-17(3)13-32-14-18(26)4/h5-10,15-18H,11-14H2,1-4H3. The molecular formula is C24H30N2O6S3. The summed E-state index contributed by atoms with van der Waals surface area (Å²) in [6, 6.07) is 9.16. The molecule has 2 saturated heterocycles. The lowest BCUT2D eigenvalue weighted by Crippen LogP contribution is -2.52. The van der Waals surface area contributed by atoms with Gasteiger partial charge in [0.15, 0.2) is 0 Å². The molecule has 4 atom stereocenters. The molecule has 2 aromatic carbocycles. The van der Waals surface area contributed by atoms with Crippen LogP contribution in [-0.2, 0) is 29.5 Å². The zero-order valence-corrected chi connectivity index (χ0v) is 22.6. The third kappa shape index (κ3) is 4.20. The van der Waals surface area contributed by atoms with Crippen LogP contribution in [0.25, 0.3) is 20.2 Å². The Kier molecular flexibility index (Phi) is 6.48. The van der Waals surface area contributed by atoms with Gasteiger partial charge in [0.05, 0.1) is 36.2 Å². The first-order valence-corrected chi connectivity index (χ1v) is 15.4. The van der Waals surface area contributed by atoms with Crippen LogP contribution in [0.1, 0.15) is 27.7 Å². The van der Waals surface area contributed by atoms with Gasteiger partial charge in [0.25, 0.3) is 0 Å². The minimum atomic E-state index is -3.75. The summed E-state index contributed by atoms with van der Waals surface area (Å²) in [4.78, 5) is 0.406. The maximum Gasteiger partial charge on any atom is 0.243 e. The molecule has 0 radical (unpaired) electrons. The molecule has 0 amide bonds. The number of hydrogen-bond donors (Lipinski definition) is 0. The molecule has 0 aliphatic carbocycles. The van der Waals surface area contributed by atoms with Crippen LogP contribution >= 0.6 is 11.3 Å². The number of thiophene rings is 1. The predicted octanol–water partition coefficient (Wildman–Crippen LogP) is 3.65. The van der Waals surface area contributed by atoms with Crippen molar-refractivity contribution in [3.8, 4) is 0 Å². The molecule has 3 heterocycles. The van der Waals surface area contributed by atoms with E-state index < -0.39 is 20.0 Å². The van der Waals surface area contributed by atoms with Gasteiger partial charge in [-0.1, -0.05) is 0 Å². The maximum absolute atomic E-state index is 13.6. The Morgan fingerprint density at radius 2 is 1.00 bits per heavy atom. The molecule has 3 aromatic rings. The van der Waals surface area contributed by atoms with Crippen molar-refractivity contribution in [1.29, 1.82) is 0 Å². The van der Waals surface area contributed by atoms with Crippen LogP contribution in [0.5, 0.6) is 0 Å². The van der Waals surface area contributed by atoms with E-state index in [1.54, 1.807) is 24.3 Å². The molecule has 2 fully saturated rings. The highest BCUT2D eigenvalue weighted by Gasteiger charge is 2.38. The summed E-state index contributed by atoms with van der Waals surface area (Å²) in [6.45, 7) is 8.79. The van der Waals surface area contributed by atoms with E-state index >= 15 is 0 Å². The number of ether oxygens (including phenoxy) is 2. The fourth-order valence-corrected chi connectivity index (χ4v) is 9.93. The number of sulfonamides is 2. The first-order chi connectivity index (χ1) is 16.5. The molecule has 2 aliphatic heterocycles. The molecule has 2 aliphatic rings. The quantitative estimate of drug-likeness (QED) is 0.504. The third-order valence-electron chi connectivity index (χ3n) is 6.74. The lowest BCUT2D eigenvalue weighted by molar-refractivity contribution is 0.00635. The van der Waals surface area contributed by atoms with E-state index in [0.29, 0.717) is 26.4 Å². The van der Waals surface area contributed by atoms with Crippen molar-refractivity contribution < 1.29 is 26.3 Å². The van der Waals surface area contributed by atoms with E-state index in [1.165, 1.54) is 19.9 Å². The molecule has 0 N–H and O–H groups in total. The highest BCUT2D eigenvalue weighted by molar-refractivity contribution is 7.89. The van der Waals surface area contributed by atoms with Crippen molar-refractivity contribution in [1.82, 2.24) is 8.61 Å². The fraction of sp³-hybridized carbons (Fsp3) is 0.500. The summed E-state index contributed by atoms with van der Waals surface area (Å²) >= 11 is 1.52. The SMILES string of the molecule is CC1COCC(C)N1S(=O)(=O)c1ccc2sc3ccc(S(=O)(=O)N4C(C)COCC4C)cc3c2c1. The van der Waals surface area contributed by atoms with Gasteiger partial charge in [-0.3, -0.25) is 0 Å². The minimum absolute atomic E-state index is 0.203. The van der Waals surface area contributed by atoms with Crippen molar-refractivity contribution >= 4 is 51.6 Å². The van der Waals surface area contributed by atoms with Gasteiger partial charge >= 0.3 is 0 Å². The van der Waals surface area contributed by atoms with Crippen molar-refractivity contribution in [3.05, 3.63) is 36.4 Å². The molecule has 190 valence electrons. The summed E-state index contributed by atoms with van der Waals surface area (Å²) in [6.07, 6.45) is 0. The summed E-state index contributed by atoms with van der Waals surface area (Å²) < 4.78 is 70.2. The van der Waals surface area contributed by atoms with Crippen molar-refractivity contribution in [3.63, 3.8) is 0 Å². The molecule has 8 nitrogen and oxygen atoms in total. The topological polar surface area (TPSA) is 93.2 Å². The number of hydrogen-bond acceptors (Lipinski definition) is 7. The second-order valence-corrected chi connectivity index (χ2v) is 14.3. The summed E-state index contributed by atoms with van der Waals surface area (Å²) in [5.41, 5.74) is 0. The smallest absolute Gasteiger partial charge is 0.243 e. The minimum Gasteiger partial charge on any atom is -0.378 e. The summed E-state index contributed by atoms with van der Waals surface area (Å²) in [7, 11) is -7.50. The van der Waals surface area contributed by atoms with E-state index in [0.717, 1.165) is 20.2 Å². The molecule has 5 rings (SSSR count). The van der Waals surface area contributed by atoms with Crippen LogP contribution in [-0.4, -0.2) is 76.0 Å². The van der Waals surface area contributed by atoms with E-state index in [4.69, 9.17) is 9.47 Å². The number of benzene rings is 2. The Morgan fingerprint density at radius 3 is 1.34 bits per heavy atom. The monoisotopic (exact) mass is 538 g/mol. The predicted molar refractivity (Wildman–Crippen MR) is 137 cm³/mol. The Bertz CT molecular complexity index is 1350. The number of fused-ring (bicyclic) bond motifs is 3. The average Bonchev–Trinajstić information content (AvgIpc) is 3.16. The number of morpholine rings is 2. The second-order valence-electron chi connectivity index (χ2n) is 9.56. The maximum atomic E-state index is 13.6. The van der Waals surface area contributed by atoms with Crippen molar-refractivity contribution in [2.45, 2.75) is 61.7 Å². The van der Waals surface area contributed by atoms with E-state index in [2.05, 4.69) is 0 Å². The Morgan fingerprint density at radius 1 is 0.657 bits per heavy atom. The lowest BCUT2D eigenvalue weighted by atomic mass is 10.1. The molecule has 4 unspecified atom stereocenters. The van der Waals surface area contributed by atoms with E-state index in [-0.39, 0.29) is 34.0 Å². The average molecular weight is 539 g/mol. The highest BCUT2D eigenvalue weighted by Crippen LogP contribution is 2.38. The Hall–Kier alpha value is -1.60. The number of nitrogens with zero attached hydrogens (tertiary/aromatic N) is 2. The summed E-state index contributed by atoms with van der Waals surface area (Å²) in [5.74, 6) is 0. The molecule has 0 saturated carbocycles. The largest absolute Gasteiger partial charge is 0.378 e. The third-order valence-corrected chi connectivity index (χ3v) is 12.1. The van der Waals surface area contributed by atoms with Gasteiger partial charge in [-0.2, -0.15) is 8.61 Å². The normalized spacial score (nSPS) is 27.5. The first kappa shape index (κ1) is 25.1. The molecule has 0 spiro atoms. The zero-order valence-electron chi connectivity index (χ0n) is 20.2. The van der Waals surface area contributed by atoms with Crippen LogP contribution in [0.4, 0.5) is 0 Å². The van der Waals surface area contributed by atoms with Crippen molar-refractivity contribution in [2.24, 2.45) is 0 Å². The second kappa shape index (κ2) is 9.05. The van der Waals surface area contributed by atoms with E-state index in [9.17, 15) is 16.8 Å². The van der Waals surface area contributed by atoms with Gasteiger partial charge in [-0.15, -0.1) is 11.3 Å². The molecular weight excluding hydrogens is 508 g/mol. The molecule has 0 bridgehead atoms. The van der Waals surface area contributed by atoms with Gasteiger partial charge in [0.1, 0.15) is 0 Å². The molecule has 1 aromatic heterocycles. The van der Waals surface area contributed by atoms with E-state index in [1.807, 2.05) is 39.8 Å². The van der Waals surface area contributed by atoms with Crippen LogP contribution in [0.3, 0.4) is 0 Å². The van der Waals surface area contributed by atoms with Crippen LogP contribution in [0.15, 0.2) is 46.2 Å². The zero-order chi connectivity index (χ0) is 25.1. The van der Waals surface area contributed by atoms with Gasteiger partial charge in [0.2, 0.25) is 20.0 Å². The van der Waals surface area contributed by atoms with Gasteiger partial charge in [-0.25, -0.2) is 16.8 Å². The van der Waals surface area contributed by atoms with Crippen LogP contribution in [0, 0.1) is 0 Å². The van der Waals surface area contributed by atoms with Crippen LogP contribution < -0.4 is 0 Å². The summed E-state index contributed by atoms with van der Waals surface area (Å²) in [5, 5.41) is 1.47. The van der Waals surface area contributed by atoms with Gasteiger partial charge in [0, 0.05) is 44.3 Å². The first-order valence-electron chi connectivity index (χ1n) is 11.7. The Balaban J connectivity index is 1.61. The van der Waals surface area contributed by atoms with Crippen LogP contribution in [0.2, 0.25) is 0 Å². The fourth-order valence-electron chi connectivity index (χ4n) is 5.23. The van der Waals surface area contributed by atoms with Crippen molar-refractivity contribution in [2.75, 3.05) is 26.4 Å². The van der Waals surface area contributed by atoms with Gasteiger partial charge < -0.3 is 9.47 Å². The molecule has 35 heavy (non-hydrogen) atoms. The number of rotatable bonds is 4. The lowest BCUT2D eigenvalue weighted by Gasteiger charge is -2.37. The highest BCUT2D eigenvalue weighted by atomic mass is 32.2.